The van der Waals surface area contributed by atoms with Crippen LogP contribution in [0, 0.1) is 5.82 Å². The van der Waals surface area contributed by atoms with E-state index in [1.165, 1.54) is 12.1 Å². The molecule has 4 rings (SSSR count). The summed E-state index contributed by atoms with van der Waals surface area (Å²) in [6.45, 7) is 7.12. The third kappa shape index (κ3) is 4.20. The van der Waals surface area contributed by atoms with E-state index in [0.717, 1.165) is 51.4 Å². The Hall–Kier alpha value is -2.39. The summed E-state index contributed by atoms with van der Waals surface area (Å²) in [5.41, 5.74) is 0.0922. The van der Waals surface area contributed by atoms with Crippen molar-refractivity contribution in [1.82, 2.24) is 35.3 Å². The average molecular weight is 387 g/mol. The molecule has 1 aliphatic heterocycles. The number of tetrazole rings is 1. The van der Waals surface area contributed by atoms with E-state index in [4.69, 9.17) is 0 Å². The third-order valence-corrected chi connectivity index (χ3v) is 5.57. The molecule has 1 aliphatic carbocycles. The second-order valence-corrected chi connectivity index (χ2v) is 7.50. The normalized spacial score (nSPS) is 19.5. The lowest BCUT2D eigenvalue weighted by Crippen LogP contribution is -2.49. The Labute approximate surface area is 163 Å². The van der Waals surface area contributed by atoms with Crippen molar-refractivity contribution < 1.29 is 9.18 Å². The molecule has 1 unspecified atom stereocenters. The summed E-state index contributed by atoms with van der Waals surface area (Å²) in [6, 6.07) is 6.72. The Morgan fingerprint density at radius 2 is 2.00 bits per heavy atom. The van der Waals surface area contributed by atoms with Gasteiger partial charge in [-0.05, 0) is 42.3 Å². The van der Waals surface area contributed by atoms with Crippen molar-refractivity contribution in [1.29, 1.82) is 0 Å². The summed E-state index contributed by atoms with van der Waals surface area (Å²) in [7, 11) is 0. The first kappa shape index (κ1) is 18.9. The zero-order chi connectivity index (χ0) is 19.5. The quantitative estimate of drug-likeness (QED) is 0.771. The molecule has 0 radical (unpaired) electrons. The van der Waals surface area contributed by atoms with E-state index < -0.39 is 5.82 Å². The van der Waals surface area contributed by atoms with Crippen LogP contribution in [-0.2, 0) is 0 Å². The lowest BCUT2D eigenvalue weighted by atomic mass is 10.2. The molecule has 9 heteroatoms. The maximum absolute atomic E-state index is 13.6. The third-order valence-electron chi connectivity index (χ3n) is 5.57. The predicted molar refractivity (Wildman–Crippen MR) is 101 cm³/mol. The summed E-state index contributed by atoms with van der Waals surface area (Å²) in [6.07, 6.45) is 2.33. The molecule has 0 bridgehead atoms. The molecule has 2 heterocycles. The molecule has 1 N–H and O–H groups in total. The van der Waals surface area contributed by atoms with Crippen molar-refractivity contribution in [3.63, 3.8) is 0 Å². The Bertz CT molecular complexity index is 814. The Morgan fingerprint density at radius 3 is 2.71 bits per heavy atom. The van der Waals surface area contributed by atoms with Crippen LogP contribution < -0.4 is 5.32 Å². The van der Waals surface area contributed by atoms with Crippen LogP contribution in [0.25, 0.3) is 0 Å². The molecular formula is C19H26FN7O. The number of hydrogen-bond acceptors (Lipinski definition) is 6. The summed E-state index contributed by atoms with van der Waals surface area (Å²) in [5, 5.41) is 15.1. The van der Waals surface area contributed by atoms with Crippen molar-refractivity contribution in [2.24, 2.45) is 0 Å². The number of carbonyl (C=O) groups excluding carboxylic acids is 1. The molecule has 1 saturated heterocycles. The molecule has 1 aromatic carbocycles. The first-order chi connectivity index (χ1) is 13.6. The van der Waals surface area contributed by atoms with E-state index in [-0.39, 0.29) is 17.5 Å². The van der Waals surface area contributed by atoms with Gasteiger partial charge in [0, 0.05) is 39.3 Å². The molecule has 1 amide bonds. The van der Waals surface area contributed by atoms with Gasteiger partial charge in [-0.25, -0.2) is 9.07 Å². The second kappa shape index (κ2) is 8.32. The van der Waals surface area contributed by atoms with Crippen LogP contribution in [0.4, 0.5) is 4.39 Å². The number of benzene rings is 1. The van der Waals surface area contributed by atoms with E-state index in [2.05, 4.69) is 37.6 Å². The average Bonchev–Trinajstić information content (AvgIpc) is 3.44. The minimum atomic E-state index is -0.490. The van der Waals surface area contributed by atoms with Gasteiger partial charge in [-0.3, -0.25) is 14.6 Å². The number of amides is 1. The number of aromatic nitrogens is 4. The van der Waals surface area contributed by atoms with Gasteiger partial charge in [0.2, 0.25) is 0 Å². The molecule has 1 aromatic heterocycles. The van der Waals surface area contributed by atoms with E-state index in [1.54, 1.807) is 12.1 Å². The molecule has 28 heavy (non-hydrogen) atoms. The highest BCUT2D eigenvalue weighted by Crippen LogP contribution is 2.36. The highest BCUT2D eigenvalue weighted by molar-refractivity contribution is 5.94. The van der Waals surface area contributed by atoms with Crippen molar-refractivity contribution in [2.75, 3.05) is 39.3 Å². The largest absolute Gasteiger partial charge is 0.351 e. The maximum atomic E-state index is 13.6. The molecular weight excluding hydrogens is 361 g/mol. The number of rotatable bonds is 7. The summed E-state index contributed by atoms with van der Waals surface area (Å²) < 4.78 is 15.6. The zero-order valence-corrected chi connectivity index (χ0v) is 16.1. The van der Waals surface area contributed by atoms with Gasteiger partial charge in [0.25, 0.3) is 5.91 Å². The van der Waals surface area contributed by atoms with Crippen molar-refractivity contribution >= 4 is 5.91 Å². The Balaban J connectivity index is 1.22. The van der Waals surface area contributed by atoms with E-state index >= 15 is 0 Å². The minimum absolute atomic E-state index is 0.0922. The molecule has 1 atom stereocenters. The van der Waals surface area contributed by atoms with Crippen molar-refractivity contribution in [3.05, 3.63) is 41.5 Å². The highest BCUT2D eigenvalue weighted by atomic mass is 19.1. The summed E-state index contributed by atoms with van der Waals surface area (Å²) in [5.74, 6) is 0.0986. The summed E-state index contributed by atoms with van der Waals surface area (Å²) in [4.78, 5) is 16.8. The van der Waals surface area contributed by atoms with Gasteiger partial charge in [-0.15, -0.1) is 5.10 Å². The number of carbonyl (C=O) groups is 1. The Kier molecular flexibility index (Phi) is 5.63. The minimum Gasteiger partial charge on any atom is -0.351 e. The van der Waals surface area contributed by atoms with Gasteiger partial charge in [-0.2, -0.15) is 0 Å². The lowest BCUT2D eigenvalue weighted by Gasteiger charge is -2.37. The Morgan fingerprint density at radius 1 is 1.25 bits per heavy atom. The van der Waals surface area contributed by atoms with E-state index in [9.17, 15) is 9.18 Å². The van der Waals surface area contributed by atoms with Gasteiger partial charge < -0.3 is 5.32 Å². The van der Waals surface area contributed by atoms with Gasteiger partial charge in [0.1, 0.15) is 5.82 Å². The van der Waals surface area contributed by atoms with E-state index in [1.807, 2.05) is 4.68 Å². The lowest BCUT2D eigenvalue weighted by molar-refractivity contribution is 0.0891. The number of halogens is 1. The van der Waals surface area contributed by atoms with Crippen LogP contribution in [0.2, 0.25) is 0 Å². The van der Waals surface area contributed by atoms with Gasteiger partial charge >= 0.3 is 0 Å². The van der Waals surface area contributed by atoms with Gasteiger partial charge in [-0.1, -0.05) is 12.1 Å². The number of hydrogen-bond donors (Lipinski definition) is 1. The first-order valence-electron chi connectivity index (χ1n) is 9.90. The SMILES string of the molecule is CC(c1nnnn1C1CC1)N1CCN(CCNC(=O)c2ccccc2F)CC1. The van der Waals surface area contributed by atoms with Crippen LogP contribution in [0.1, 0.15) is 48.0 Å². The number of piperazine rings is 1. The molecule has 150 valence electrons. The first-order valence-corrected chi connectivity index (χ1v) is 9.90. The standard InChI is InChI=1S/C19H26FN7O/c1-14(18-22-23-24-27(18)15-6-7-15)26-12-10-25(11-13-26)9-8-21-19(28)16-4-2-3-5-17(16)20/h2-5,14-15H,6-13H2,1H3,(H,21,28). The van der Waals surface area contributed by atoms with Crippen molar-refractivity contribution in [2.45, 2.75) is 31.8 Å². The predicted octanol–water partition coefficient (Wildman–Crippen LogP) is 1.26. The van der Waals surface area contributed by atoms with Crippen molar-refractivity contribution in [3.8, 4) is 0 Å². The van der Waals surface area contributed by atoms with Crippen LogP contribution in [0.15, 0.2) is 24.3 Å². The van der Waals surface area contributed by atoms with Crippen LogP contribution in [0.3, 0.4) is 0 Å². The molecule has 2 aliphatic rings. The second-order valence-electron chi connectivity index (χ2n) is 7.50. The maximum Gasteiger partial charge on any atom is 0.254 e. The molecule has 8 nitrogen and oxygen atoms in total. The molecule has 0 spiro atoms. The fourth-order valence-corrected chi connectivity index (χ4v) is 3.66. The van der Waals surface area contributed by atoms with Crippen LogP contribution in [0.5, 0.6) is 0 Å². The van der Waals surface area contributed by atoms with Gasteiger partial charge in [0.15, 0.2) is 5.82 Å². The fraction of sp³-hybridized carbons (Fsp3) is 0.579. The highest BCUT2D eigenvalue weighted by Gasteiger charge is 2.32. The fourth-order valence-electron chi connectivity index (χ4n) is 3.66. The number of nitrogens with zero attached hydrogens (tertiary/aromatic N) is 6. The topological polar surface area (TPSA) is 79.2 Å². The molecule has 2 aromatic rings. The smallest absolute Gasteiger partial charge is 0.254 e. The van der Waals surface area contributed by atoms with Gasteiger partial charge in [0.05, 0.1) is 17.6 Å². The van der Waals surface area contributed by atoms with E-state index in [0.29, 0.717) is 12.6 Å². The monoisotopic (exact) mass is 387 g/mol. The molecule has 1 saturated carbocycles. The van der Waals surface area contributed by atoms with Crippen LogP contribution >= 0.6 is 0 Å². The number of nitrogens with one attached hydrogen (secondary N) is 1. The van der Waals surface area contributed by atoms with Crippen LogP contribution in [-0.4, -0.2) is 75.2 Å². The zero-order valence-electron chi connectivity index (χ0n) is 16.1. The molecule has 2 fully saturated rings. The summed E-state index contributed by atoms with van der Waals surface area (Å²) >= 11 is 0.